The Morgan fingerprint density at radius 3 is 2.94 bits per heavy atom. The molecule has 1 fully saturated rings. The third-order valence-electron chi connectivity index (χ3n) is 3.24. The Labute approximate surface area is 106 Å². The van der Waals surface area contributed by atoms with E-state index in [0.717, 1.165) is 17.7 Å². The van der Waals surface area contributed by atoms with Crippen LogP contribution >= 0.6 is 15.9 Å². The van der Waals surface area contributed by atoms with Crippen LogP contribution in [-0.4, -0.2) is 19.3 Å². The van der Waals surface area contributed by atoms with Gasteiger partial charge in [0, 0.05) is 28.7 Å². The molecule has 2 nitrogen and oxygen atoms in total. The molecule has 0 spiro atoms. The minimum Gasteiger partial charge on any atom is -0.382 e. The molecule has 3 heteroatoms. The standard InChI is InChI=1S/C13H18BrNO/c1-9-7-12(14)3-4-13(9)15-10(2)11-5-6-16-8-11/h3-4,7,10-11,15H,5-6,8H2,1-2H3. The van der Waals surface area contributed by atoms with Gasteiger partial charge in [0.15, 0.2) is 0 Å². The van der Waals surface area contributed by atoms with E-state index in [0.29, 0.717) is 12.0 Å². The van der Waals surface area contributed by atoms with Crippen molar-refractivity contribution in [1.82, 2.24) is 0 Å². The third-order valence-corrected chi connectivity index (χ3v) is 3.74. The predicted octanol–water partition coefficient (Wildman–Crippen LogP) is 3.59. The Morgan fingerprint density at radius 1 is 1.50 bits per heavy atom. The molecule has 2 atom stereocenters. The van der Waals surface area contributed by atoms with Gasteiger partial charge >= 0.3 is 0 Å². The zero-order valence-corrected chi connectivity index (χ0v) is 11.4. The zero-order chi connectivity index (χ0) is 11.5. The molecule has 0 aliphatic carbocycles. The number of ether oxygens (including phenoxy) is 1. The summed E-state index contributed by atoms with van der Waals surface area (Å²) in [7, 11) is 0. The number of halogens is 1. The molecule has 0 saturated carbocycles. The quantitative estimate of drug-likeness (QED) is 0.915. The highest BCUT2D eigenvalue weighted by molar-refractivity contribution is 9.10. The van der Waals surface area contributed by atoms with Crippen LogP contribution in [0.4, 0.5) is 5.69 Å². The summed E-state index contributed by atoms with van der Waals surface area (Å²) in [5, 5.41) is 3.58. The van der Waals surface area contributed by atoms with Crippen molar-refractivity contribution >= 4 is 21.6 Å². The lowest BCUT2D eigenvalue weighted by molar-refractivity contribution is 0.183. The summed E-state index contributed by atoms with van der Waals surface area (Å²) in [5.74, 6) is 0.642. The van der Waals surface area contributed by atoms with Gasteiger partial charge in [0.25, 0.3) is 0 Å². The number of rotatable bonds is 3. The van der Waals surface area contributed by atoms with E-state index in [2.05, 4.69) is 53.3 Å². The van der Waals surface area contributed by atoms with E-state index >= 15 is 0 Å². The Morgan fingerprint density at radius 2 is 2.31 bits per heavy atom. The number of hydrogen-bond acceptors (Lipinski definition) is 2. The zero-order valence-electron chi connectivity index (χ0n) is 9.79. The fraction of sp³-hybridized carbons (Fsp3) is 0.538. The number of aryl methyl sites for hydroxylation is 1. The first-order valence-corrected chi connectivity index (χ1v) is 6.56. The summed E-state index contributed by atoms with van der Waals surface area (Å²) in [5.41, 5.74) is 2.50. The number of benzene rings is 1. The summed E-state index contributed by atoms with van der Waals surface area (Å²) >= 11 is 3.48. The Kier molecular flexibility index (Phi) is 3.87. The molecule has 16 heavy (non-hydrogen) atoms. The Hall–Kier alpha value is -0.540. The van der Waals surface area contributed by atoms with Gasteiger partial charge in [-0.2, -0.15) is 0 Å². The fourth-order valence-electron chi connectivity index (χ4n) is 2.10. The second-order valence-electron chi connectivity index (χ2n) is 4.52. The van der Waals surface area contributed by atoms with Crippen LogP contribution in [0.15, 0.2) is 22.7 Å². The van der Waals surface area contributed by atoms with E-state index in [9.17, 15) is 0 Å². The minimum atomic E-state index is 0.474. The molecular formula is C13H18BrNO. The van der Waals surface area contributed by atoms with Gasteiger partial charge in [-0.1, -0.05) is 15.9 Å². The molecule has 1 aromatic carbocycles. The first-order chi connectivity index (χ1) is 7.66. The Balaban J connectivity index is 2.02. The number of anilines is 1. The number of nitrogens with one attached hydrogen (secondary N) is 1. The largest absolute Gasteiger partial charge is 0.382 e. The highest BCUT2D eigenvalue weighted by atomic mass is 79.9. The van der Waals surface area contributed by atoms with Crippen LogP contribution in [0.3, 0.4) is 0 Å². The summed E-state index contributed by atoms with van der Waals surface area (Å²) in [6, 6.07) is 6.82. The second kappa shape index (κ2) is 5.19. The molecule has 0 amide bonds. The molecule has 1 heterocycles. The fourth-order valence-corrected chi connectivity index (χ4v) is 2.57. The van der Waals surface area contributed by atoms with Gasteiger partial charge in [0.05, 0.1) is 6.61 Å². The van der Waals surface area contributed by atoms with E-state index in [1.54, 1.807) is 0 Å². The van der Waals surface area contributed by atoms with Crippen LogP contribution in [0.5, 0.6) is 0 Å². The van der Waals surface area contributed by atoms with Crippen molar-refractivity contribution in [3.8, 4) is 0 Å². The molecule has 0 aromatic heterocycles. The van der Waals surface area contributed by atoms with Gasteiger partial charge in [0.2, 0.25) is 0 Å². The first kappa shape index (κ1) is 11.9. The van der Waals surface area contributed by atoms with Crippen molar-refractivity contribution in [3.05, 3.63) is 28.2 Å². The highest BCUT2D eigenvalue weighted by Gasteiger charge is 2.22. The molecular weight excluding hydrogens is 266 g/mol. The van der Waals surface area contributed by atoms with Crippen molar-refractivity contribution in [2.45, 2.75) is 26.3 Å². The first-order valence-electron chi connectivity index (χ1n) is 5.77. The van der Waals surface area contributed by atoms with Crippen molar-refractivity contribution in [1.29, 1.82) is 0 Å². The van der Waals surface area contributed by atoms with Gasteiger partial charge in [0.1, 0.15) is 0 Å². The molecule has 2 unspecified atom stereocenters. The maximum Gasteiger partial charge on any atom is 0.0514 e. The van der Waals surface area contributed by atoms with Crippen molar-refractivity contribution in [3.63, 3.8) is 0 Å². The SMILES string of the molecule is Cc1cc(Br)ccc1NC(C)C1CCOC1. The van der Waals surface area contributed by atoms with Crippen LogP contribution in [0, 0.1) is 12.8 Å². The van der Waals surface area contributed by atoms with E-state index in [1.165, 1.54) is 17.7 Å². The van der Waals surface area contributed by atoms with E-state index in [4.69, 9.17) is 4.74 Å². The maximum atomic E-state index is 5.42. The van der Waals surface area contributed by atoms with Gasteiger partial charge in [-0.3, -0.25) is 0 Å². The van der Waals surface area contributed by atoms with Crippen LogP contribution in [0.2, 0.25) is 0 Å². The second-order valence-corrected chi connectivity index (χ2v) is 5.43. The molecule has 1 aliphatic rings. The molecule has 0 radical (unpaired) electrons. The smallest absolute Gasteiger partial charge is 0.0514 e. The van der Waals surface area contributed by atoms with Crippen molar-refractivity contribution < 1.29 is 4.74 Å². The average Bonchev–Trinajstić information content (AvgIpc) is 2.75. The normalized spacial score (nSPS) is 22.1. The van der Waals surface area contributed by atoms with Crippen LogP contribution < -0.4 is 5.32 Å². The lowest BCUT2D eigenvalue weighted by Crippen LogP contribution is -2.26. The average molecular weight is 284 g/mol. The van der Waals surface area contributed by atoms with Crippen molar-refractivity contribution in [2.75, 3.05) is 18.5 Å². The topological polar surface area (TPSA) is 21.3 Å². The van der Waals surface area contributed by atoms with Gasteiger partial charge in [-0.05, 0) is 44.0 Å². The van der Waals surface area contributed by atoms with Gasteiger partial charge in [-0.15, -0.1) is 0 Å². The van der Waals surface area contributed by atoms with E-state index in [1.807, 2.05) is 0 Å². The van der Waals surface area contributed by atoms with E-state index in [-0.39, 0.29) is 0 Å². The van der Waals surface area contributed by atoms with Gasteiger partial charge in [-0.25, -0.2) is 0 Å². The molecule has 1 aromatic rings. The predicted molar refractivity (Wildman–Crippen MR) is 70.9 cm³/mol. The Bertz CT molecular complexity index is 361. The van der Waals surface area contributed by atoms with Crippen LogP contribution in [0.1, 0.15) is 18.9 Å². The van der Waals surface area contributed by atoms with Gasteiger partial charge < -0.3 is 10.1 Å². The molecule has 2 rings (SSSR count). The van der Waals surface area contributed by atoms with E-state index < -0.39 is 0 Å². The number of hydrogen-bond donors (Lipinski definition) is 1. The summed E-state index contributed by atoms with van der Waals surface area (Å²) in [6.07, 6.45) is 1.17. The molecule has 1 saturated heterocycles. The lowest BCUT2D eigenvalue weighted by atomic mass is 10.00. The molecule has 1 N–H and O–H groups in total. The lowest BCUT2D eigenvalue weighted by Gasteiger charge is -2.21. The summed E-state index contributed by atoms with van der Waals surface area (Å²) in [6.45, 7) is 6.17. The maximum absolute atomic E-state index is 5.42. The third kappa shape index (κ3) is 2.77. The van der Waals surface area contributed by atoms with Crippen molar-refractivity contribution in [2.24, 2.45) is 5.92 Å². The highest BCUT2D eigenvalue weighted by Crippen LogP contribution is 2.24. The molecule has 1 aliphatic heterocycles. The summed E-state index contributed by atoms with van der Waals surface area (Å²) < 4.78 is 6.55. The minimum absolute atomic E-state index is 0.474. The molecule has 88 valence electrons. The van der Waals surface area contributed by atoms with Crippen LogP contribution in [-0.2, 0) is 4.74 Å². The molecule has 0 bridgehead atoms. The summed E-state index contributed by atoms with van der Waals surface area (Å²) in [4.78, 5) is 0. The van der Waals surface area contributed by atoms with Crippen LogP contribution in [0.25, 0.3) is 0 Å². The monoisotopic (exact) mass is 283 g/mol.